The highest BCUT2D eigenvalue weighted by molar-refractivity contribution is 5.99. The first-order valence-corrected chi connectivity index (χ1v) is 13.0. The van der Waals surface area contributed by atoms with Crippen molar-refractivity contribution >= 4 is 29.5 Å². The van der Waals surface area contributed by atoms with E-state index in [1.807, 2.05) is 0 Å². The van der Waals surface area contributed by atoms with Gasteiger partial charge in [-0.05, 0) is 49.1 Å². The number of primary amides is 1. The van der Waals surface area contributed by atoms with E-state index >= 15 is 0 Å². The smallest absolute Gasteiger partial charge is 0.255 e. The summed E-state index contributed by atoms with van der Waals surface area (Å²) in [6, 6.07) is 10.3. The van der Waals surface area contributed by atoms with E-state index in [0.717, 1.165) is 5.56 Å². The van der Waals surface area contributed by atoms with E-state index < -0.39 is 41.6 Å². The second kappa shape index (κ2) is 14.6. The molecule has 1 aliphatic rings. The lowest BCUT2D eigenvalue weighted by Crippen LogP contribution is -2.50. The van der Waals surface area contributed by atoms with E-state index in [1.54, 1.807) is 36.4 Å². The largest absolute Gasteiger partial charge is 0.491 e. The Morgan fingerprint density at radius 1 is 1.10 bits per heavy atom. The van der Waals surface area contributed by atoms with Crippen LogP contribution < -0.4 is 26.4 Å². The van der Waals surface area contributed by atoms with E-state index in [-0.39, 0.29) is 62.5 Å². The van der Waals surface area contributed by atoms with E-state index in [0.29, 0.717) is 6.42 Å². The van der Waals surface area contributed by atoms with Crippen LogP contribution in [-0.2, 0) is 25.6 Å². The molecule has 2 aromatic rings. The van der Waals surface area contributed by atoms with Crippen LogP contribution in [0.4, 0.5) is 4.39 Å². The molecule has 0 saturated carbocycles. The van der Waals surface area contributed by atoms with Gasteiger partial charge in [-0.2, -0.15) is 0 Å². The highest BCUT2D eigenvalue weighted by Gasteiger charge is 2.28. The van der Waals surface area contributed by atoms with Gasteiger partial charge < -0.3 is 31.3 Å². The first-order chi connectivity index (χ1) is 19.1. The maximum absolute atomic E-state index is 13.2. The molecular formula is C28H34FN5O6. The van der Waals surface area contributed by atoms with Gasteiger partial charge in [0, 0.05) is 26.4 Å². The fraction of sp³-hybridized carbons (Fsp3) is 0.393. The highest BCUT2D eigenvalue weighted by Crippen LogP contribution is 2.19. The minimum Gasteiger partial charge on any atom is -0.491 e. The molecule has 1 aliphatic heterocycles. The molecule has 40 heavy (non-hydrogen) atoms. The Labute approximate surface area is 231 Å². The summed E-state index contributed by atoms with van der Waals surface area (Å²) in [5.74, 6) is -2.72. The van der Waals surface area contributed by atoms with E-state index in [9.17, 15) is 28.4 Å². The molecule has 5 amide bonds. The second-order valence-corrected chi connectivity index (χ2v) is 9.46. The van der Waals surface area contributed by atoms with Gasteiger partial charge in [-0.15, -0.1) is 0 Å². The molecule has 0 aliphatic carbocycles. The van der Waals surface area contributed by atoms with Crippen molar-refractivity contribution < 1.29 is 33.1 Å². The van der Waals surface area contributed by atoms with Crippen LogP contribution >= 0.6 is 0 Å². The van der Waals surface area contributed by atoms with Crippen LogP contribution in [0.3, 0.4) is 0 Å². The summed E-state index contributed by atoms with van der Waals surface area (Å²) < 4.78 is 18.9. The first kappa shape index (κ1) is 30.1. The van der Waals surface area contributed by atoms with Gasteiger partial charge in [0.2, 0.25) is 23.6 Å². The lowest BCUT2D eigenvalue weighted by atomic mass is 10.1. The molecule has 0 radical (unpaired) electrons. The van der Waals surface area contributed by atoms with Gasteiger partial charge in [0.1, 0.15) is 30.3 Å². The maximum atomic E-state index is 13.2. The maximum Gasteiger partial charge on any atom is 0.255 e. The van der Waals surface area contributed by atoms with E-state index in [4.69, 9.17) is 10.5 Å². The van der Waals surface area contributed by atoms with Crippen molar-refractivity contribution in [2.75, 3.05) is 26.7 Å². The van der Waals surface area contributed by atoms with Gasteiger partial charge in [0.15, 0.2) is 0 Å². The van der Waals surface area contributed by atoms with Crippen LogP contribution in [0.2, 0.25) is 0 Å². The molecule has 0 saturated heterocycles. The number of ether oxygens (including phenoxy) is 1. The lowest BCUT2D eigenvalue weighted by molar-refractivity contribution is -0.136. The third kappa shape index (κ3) is 9.07. The molecule has 5 N–H and O–H groups in total. The molecule has 12 heteroatoms. The fourth-order valence-corrected chi connectivity index (χ4v) is 4.14. The number of likely N-dealkylation sites (N-methyl/N-ethyl adjacent to an activating group) is 1. The molecule has 0 aromatic heterocycles. The SMILES string of the molecule is CN1CCOc2ccccc2C(=O)N[C@H](C(=O)NCCc2ccc(F)cc2)CCC(=O)N[C@@H](CCC(N)=O)C1=O. The van der Waals surface area contributed by atoms with Gasteiger partial charge >= 0.3 is 0 Å². The van der Waals surface area contributed by atoms with Crippen LogP contribution in [0, 0.1) is 5.82 Å². The minimum atomic E-state index is -1.08. The molecular weight excluding hydrogens is 521 g/mol. The quantitative estimate of drug-likeness (QED) is 0.393. The van der Waals surface area contributed by atoms with Crippen molar-refractivity contribution in [2.24, 2.45) is 5.73 Å². The molecule has 0 bridgehead atoms. The van der Waals surface area contributed by atoms with Gasteiger partial charge in [-0.1, -0.05) is 24.3 Å². The normalized spacial score (nSPS) is 18.8. The zero-order chi connectivity index (χ0) is 29.1. The number of rotatable bonds is 7. The molecule has 0 spiro atoms. The van der Waals surface area contributed by atoms with Crippen LogP contribution in [0.15, 0.2) is 48.5 Å². The van der Waals surface area contributed by atoms with Gasteiger partial charge in [-0.3, -0.25) is 24.0 Å². The van der Waals surface area contributed by atoms with E-state index in [2.05, 4.69) is 16.0 Å². The average Bonchev–Trinajstić information content (AvgIpc) is 2.93. The fourth-order valence-electron chi connectivity index (χ4n) is 4.14. The molecule has 0 unspecified atom stereocenters. The third-order valence-electron chi connectivity index (χ3n) is 6.41. The Bertz CT molecular complexity index is 1220. The average molecular weight is 556 g/mol. The number of amides is 5. The van der Waals surface area contributed by atoms with Crippen LogP contribution in [-0.4, -0.2) is 73.3 Å². The Balaban J connectivity index is 1.78. The Morgan fingerprint density at radius 2 is 1.82 bits per heavy atom. The number of nitrogens with two attached hydrogens (primary N) is 1. The highest BCUT2D eigenvalue weighted by atomic mass is 19.1. The summed E-state index contributed by atoms with van der Waals surface area (Å²) in [6.45, 7) is 0.423. The Morgan fingerprint density at radius 3 is 2.55 bits per heavy atom. The van der Waals surface area contributed by atoms with Crippen molar-refractivity contribution in [3.05, 3.63) is 65.5 Å². The summed E-state index contributed by atoms with van der Waals surface area (Å²) in [5, 5.41) is 8.07. The minimum absolute atomic E-state index is 0.0119. The molecule has 214 valence electrons. The van der Waals surface area contributed by atoms with Gasteiger partial charge in [-0.25, -0.2) is 4.39 Å². The van der Waals surface area contributed by atoms with Gasteiger partial charge in [0.25, 0.3) is 5.91 Å². The number of nitrogens with one attached hydrogen (secondary N) is 3. The Kier molecular flexibility index (Phi) is 11.0. The number of halogens is 1. The number of carbonyl (C=O) groups excluding carboxylic acids is 5. The van der Waals surface area contributed by atoms with Crippen molar-refractivity contribution in [3.8, 4) is 5.75 Å². The summed E-state index contributed by atoms with van der Waals surface area (Å²) in [5.41, 5.74) is 6.26. The van der Waals surface area contributed by atoms with Crippen molar-refractivity contribution in [2.45, 2.75) is 44.2 Å². The summed E-state index contributed by atoms with van der Waals surface area (Å²) in [7, 11) is 1.54. The lowest BCUT2D eigenvalue weighted by Gasteiger charge is -2.24. The topological polar surface area (TPSA) is 160 Å². The molecule has 1 heterocycles. The third-order valence-corrected chi connectivity index (χ3v) is 6.41. The number of carbonyl (C=O) groups is 5. The van der Waals surface area contributed by atoms with Crippen molar-refractivity contribution in [1.29, 1.82) is 0 Å². The number of benzene rings is 2. The van der Waals surface area contributed by atoms with Crippen LogP contribution in [0.25, 0.3) is 0 Å². The summed E-state index contributed by atoms with van der Waals surface area (Å²) in [4.78, 5) is 64.8. The number of fused-ring (bicyclic) bond motifs is 1. The van der Waals surface area contributed by atoms with Crippen LogP contribution in [0.1, 0.15) is 41.6 Å². The monoisotopic (exact) mass is 555 g/mol. The van der Waals surface area contributed by atoms with Crippen molar-refractivity contribution in [3.63, 3.8) is 0 Å². The predicted octanol–water partition coefficient (Wildman–Crippen LogP) is 0.664. The summed E-state index contributed by atoms with van der Waals surface area (Å²) in [6.07, 6.45) is 0.0939. The van der Waals surface area contributed by atoms with E-state index in [1.165, 1.54) is 24.1 Å². The number of nitrogens with zero attached hydrogens (tertiary/aromatic N) is 1. The number of hydrogen-bond donors (Lipinski definition) is 4. The molecule has 11 nitrogen and oxygen atoms in total. The molecule has 2 atom stereocenters. The molecule has 0 fully saturated rings. The predicted molar refractivity (Wildman–Crippen MR) is 144 cm³/mol. The van der Waals surface area contributed by atoms with Crippen LogP contribution in [0.5, 0.6) is 5.75 Å². The first-order valence-electron chi connectivity index (χ1n) is 13.0. The summed E-state index contributed by atoms with van der Waals surface area (Å²) >= 11 is 0. The zero-order valence-corrected chi connectivity index (χ0v) is 22.3. The van der Waals surface area contributed by atoms with Crippen molar-refractivity contribution in [1.82, 2.24) is 20.9 Å². The molecule has 2 aromatic carbocycles. The number of hydrogen-bond acceptors (Lipinski definition) is 6. The second-order valence-electron chi connectivity index (χ2n) is 9.46. The number of para-hydroxylation sites is 1. The zero-order valence-electron chi connectivity index (χ0n) is 22.3. The molecule has 3 rings (SSSR count). The Hall–Kier alpha value is -4.48. The van der Waals surface area contributed by atoms with Gasteiger partial charge in [0.05, 0.1) is 12.1 Å². The standard InChI is InChI=1S/C28H34FN5O6/c1-34-16-17-40-23-5-3-2-4-20(23)26(37)33-21(27(38)31-15-14-18-6-8-19(29)9-7-18)11-13-25(36)32-22(28(34)39)10-12-24(30)35/h2-9,21-22H,10-17H2,1H3,(H2,30,35)(H,31,38)(H,32,36)(H,33,37)/t21-,22-/m0/s1.